The van der Waals surface area contributed by atoms with Crippen LogP contribution in [0.25, 0.3) is 0 Å². The number of phenols is 1. The quantitative estimate of drug-likeness (QED) is 0.402. The summed E-state index contributed by atoms with van der Waals surface area (Å²) >= 11 is 0. The van der Waals surface area contributed by atoms with Crippen molar-refractivity contribution in [1.82, 2.24) is 0 Å². The first-order valence-corrected chi connectivity index (χ1v) is 6.03. The second-order valence-corrected chi connectivity index (χ2v) is 4.14. The first kappa shape index (κ1) is 26.0. The zero-order valence-electron chi connectivity index (χ0n) is 10.4. The van der Waals surface area contributed by atoms with Gasteiger partial charge in [0.1, 0.15) is 5.75 Å². The first-order chi connectivity index (χ1) is 8.09. The molecular weight excluding hydrogens is 345 g/mol. The van der Waals surface area contributed by atoms with Crippen molar-refractivity contribution >= 4 is 89.3 Å². The molecule has 1 rings (SSSR count). The van der Waals surface area contributed by atoms with Crippen molar-refractivity contribution in [2.24, 2.45) is 5.73 Å². The topological polar surface area (TPSA) is 173 Å². The molecule has 3 N–H and O–H groups in total. The number of phenolic OH excluding ortho intramolecular Hbond substituents is 1. The van der Waals surface area contributed by atoms with Crippen molar-refractivity contribution in [3.63, 3.8) is 0 Å². The summed E-state index contributed by atoms with van der Waals surface area (Å²) in [4.78, 5) is 35.9. The molecule has 1 aromatic rings. The molecule has 0 spiro atoms. The van der Waals surface area contributed by atoms with Gasteiger partial charge in [-0.1, -0.05) is 12.1 Å². The van der Waals surface area contributed by atoms with Crippen molar-refractivity contribution in [2.45, 2.75) is 12.5 Å². The van der Waals surface area contributed by atoms with E-state index in [4.69, 9.17) is 30.1 Å². The van der Waals surface area contributed by atoms with Gasteiger partial charge in [0, 0.05) is 6.04 Å². The van der Waals surface area contributed by atoms with E-state index in [0.29, 0.717) is 0 Å². The van der Waals surface area contributed by atoms with Gasteiger partial charge in [-0.3, -0.25) is 0 Å². The van der Waals surface area contributed by atoms with Crippen LogP contribution < -0.4 is 25.5 Å². The Hall–Kier alpha value is 1.08. The van der Waals surface area contributed by atoms with Crippen molar-refractivity contribution < 1.29 is 34.3 Å². The minimum absolute atomic E-state index is 0. The van der Waals surface area contributed by atoms with E-state index in [1.165, 1.54) is 12.1 Å². The molecule has 0 aromatic heterocycles. The van der Waals surface area contributed by atoms with Crippen LogP contribution in [0.2, 0.25) is 0 Å². The smallest absolute Gasteiger partial charge is 0.822 e. The van der Waals surface area contributed by atoms with Gasteiger partial charge in [-0.2, -0.15) is 7.82 Å². The molecule has 1 atom stereocenters. The maximum atomic E-state index is 10.3. The van der Waals surface area contributed by atoms with Crippen LogP contribution in [0, 0.1) is 0 Å². The molecule has 0 unspecified atom stereocenters. The number of carboxylic acids is 1. The van der Waals surface area contributed by atoms with Crippen molar-refractivity contribution in [3.8, 4) is 5.75 Å². The van der Waals surface area contributed by atoms with Crippen LogP contribution in [0.1, 0.15) is 5.56 Å². The Kier molecular flexibility index (Phi) is 16.4. The van der Waals surface area contributed by atoms with Crippen LogP contribution in [0.5, 0.6) is 5.75 Å². The molecule has 102 valence electrons. The molecule has 0 aliphatic carbocycles. The SMILES string of the molecule is N[C@@H](Cc1ccc(O)cc1)C(=O)[O-].O=P([O-])([O-])[O-].[Ca+2].[Ca+2]. The minimum atomic E-state index is -5.39. The maximum Gasteiger partial charge on any atom is 2.00 e. The number of carbonyl (C=O) groups is 1. The van der Waals surface area contributed by atoms with E-state index < -0.39 is 19.8 Å². The number of aromatic hydroxyl groups is 1. The minimum Gasteiger partial charge on any atom is -0.822 e. The van der Waals surface area contributed by atoms with Crippen LogP contribution >= 0.6 is 7.82 Å². The largest absolute Gasteiger partial charge is 2.00 e. The number of hydrogen-bond donors (Lipinski definition) is 2. The van der Waals surface area contributed by atoms with E-state index in [1.54, 1.807) is 12.1 Å². The van der Waals surface area contributed by atoms with Crippen LogP contribution in [-0.2, 0) is 15.8 Å². The van der Waals surface area contributed by atoms with Gasteiger partial charge in [-0.15, -0.1) is 0 Å². The molecule has 0 saturated carbocycles. The zero-order valence-corrected chi connectivity index (χ0v) is 15.7. The summed E-state index contributed by atoms with van der Waals surface area (Å²) in [6.07, 6.45) is 0.211. The molecule has 0 saturated heterocycles. The predicted molar refractivity (Wildman–Crippen MR) is 63.9 cm³/mol. The number of rotatable bonds is 3. The molecule has 8 nitrogen and oxygen atoms in total. The van der Waals surface area contributed by atoms with Gasteiger partial charge in [0.2, 0.25) is 0 Å². The van der Waals surface area contributed by atoms with E-state index in [2.05, 4.69) is 0 Å². The molecule has 20 heavy (non-hydrogen) atoms. The van der Waals surface area contributed by atoms with Gasteiger partial charge in [0.15, 0.2) is 0 Å². The van der Waals surface area contributed by atoms with Gasteiger partial charge >= 0.3 is 75.5 Å². The van der Waals surface area contributed by atoms with E-state index in [0.717, 1.165) is 5.56 Å². The third-order valence-corrected chi connectivity index (χ3v) is 1.69. The summed E-state index contributed by atoms with van der Waals surface area (Å²) in [5.41, 5.74) is 6.02. The average molecular weight is 355 g/mol. The fourth-order valence-electron chi connectivity index (χ4n) is 0.969. The van der Waals surface area contributed by atoms with Gasteiger partial charge < -0.3 is 40.0 Å². The van der Waals surface area contributed by atoms with Crippen LogP contribution in [0.3, 0.4) is 0 Å². The van der Waals surface area contributed by atoms with Crippen LogP contribution in [0.4, 0.5) is 0 Å². The first-order valence-electron chi connectivity index (χ1n) is 4.57. The molecule has 0 aliphatic rings. The van der Waals surface area contributed by atoms with E-state index in [9.17, 15) is 9.90 Å². The number of nitrogens with two attached hydrogens (primary N) is 1. The Morgan fingerprint density at radius 3 is 1.85 bits per heavy atom. The summed E-state index contributed by atoms with van der Waals surface area (Å²) < 4.78 is 8.55. The van der Waals surface area contributed by atoms with Crippen LogP contribution in [-0.4, -0.2) is 92.6 Å². The van der Waals surface area contributed by atoms with E-state index in [-0.39, 0.29) is 87.6 Å². The fourth-order valence-corrected chi connectivity index (χ4v) is 0.969. The van der Waals surface area contributed by atoms with Crippen molar-refractivity contribution in [1.29, 1.82) is 0 Å². The maximum absolute atomic E-state index is 10.3. The van der Waals surface area contributed by atoms with Gasteiger partial charge in [0.05, 0.1) is 5.97 Å². The Morgan fingerprint density at radius 2 is 1.55 bits per heavy atom. The molecule has 0 radical (unpaired) electrons. The van der Waals surface area contributed by atoms with E-state index >= 15 is 0 Å². The predicted octanol–water partition coefficient (Wildman–Crippen LogP) is -4.57. The Balaban J connectivity index is -0.000000361. The zero-order chi connectivity index (χ0) is 14.3. The van der Waals surface area contributed by atoms with Crippen LogP contribution in [0.15, 0.2) is 24.3 Å². The molecular formula is C9H10Ca2NO7P. The Labute approximate surface area is 175 Å². The summed E-state index contributed by atoms with van der Waals surface area (Å²) in [7, 11) is -5.39. The second-order valence-electron chi connectivity index (χ2n) is 3.24. The molecule has 0 aliphatic heterocycles. The second kappa shape index (κ2) is 12.6. The number of carbonyl (C=O) groups excluding carboxylic acids is 1. The summed E-state index contributed by atoms with van der Waals surface area (Å²) in [6, 6.07) is 5.22. The molecule has 0 bridgehead atoms. The number of aliphatic carboxylic acids is 1. The number of benzene rings is 1. The fraction of sp³-hybridized carbons (Fsp3) is 0.222. The third kappa shape index (κ3) is 17.1. The molecule has 0 heterocycles. The monoisotopic (exact) mass is 355 g/mol. The Bertz CT molecular complexity index is 428. The summed E-state index contributed by atoms with van der Waals surface area (Å²) in [5, 5.41) is 19.2. The third-order valence-electron chi connectivity index (χ3n) is 1.69. The number of hydrogen-bond acceptors (Lipinski definition) is 8. The normalized spacial score (nSPS) is 11.0. The molecule has 0 fully saturated rings. The standard InChI is InChI=1S/C9H11NO3.2Ca.H3O4P/c10-8(9(12)13)5-6-1-3-7(11)4-2-6;;;1-5(2,3)4/h1-4,8,11H,5,10H2,(H,12,13);;;(H3,1,2,3,4)/q;2*+2;/p-4/t8-;;;/m0.../s1. The van der Waals surface area contributed by atoms with Gasteiger partial charge in [-0.05, 0) is 24.1 Å². The molecule has 1 aromatic carbocycles. The van der Waals surface area contributed by atoms with Crippen molar-refractivity contribution in [2.75, 3.05) is 0 Å². The number of carboxylic acid groups (broad SMARTS) is 1. The Morgan fingerprint density at radius 1 is 1.20 bits per heavy atom. The van der Waals surface area contributed by atoms with E-state index in [1.807, 2.05) is 0 Å². The average Bonchev–Trinajstić information content (AvgIpc) is 2.18. The van der Waals surface area contributed by atoms with Gasteiger partial charge in [-0.25, -0.2) is 0 Å². The summed E-state index contributed by atoms with van der Waals surface area (Å²) in [5.74, 6) is -1.13. The van der Waals surface area contributed by atoms with Crippen molar-refractivity contribution in [3.05, 3.63) is 29.8 Å². The molecule has 11 heteroatoms. The van der Waals surface area contributed by atoms with Gasteiger partial charge in [0.25, 0.3) is 0 Å². The molecule has 0 amide bonds. The number of phosphoric acid groups is 1. The summed E-state index contributed by atoms with van der Waals surface area (Å²) in [6.45, 7) is 0.